The van der Waals surface area contributed by atoms with E-state index in [2.05, 4.69) is 23.5 Å². The number of rotatable bonds is 12. The molecule has 3 amide bonds. The summed E-state index contributed by atoms with van der Waals surface area (Å²) in [7, 11) is 0. The van der Waals surface area contributed by atoms with Crippen molar-refractivity contribution < 1.29 is 14.4 Å². The Morgan fingerprint density at radius 1 is 1.21 bits per heavy atom. The fourth-order valence-electron chi connectivity index (χ4n) is 3.32. The van der Waals surface area contributed by atoms with Crippen LogP contribution in [0.15, 0.2) is 24.3 Å². The number of amides is 3. The standard InChI is InChI=1S/C23H32ClN5O3S/c1-4-5-10-17(22(31)27-12-11-14(2)3)29(13-15-8-6-7-9-16(15)24)23(32)20-18(25)19(21(26)30)28-33-20/h6-9,14,17H,4-5,10-13,25H2,1-3H3,(H2,26,30)(H,27,31). The summed E-state index contributed by atoms with van der Waals surface area (Å²) in [6.45, 7) is 6.80. The van der Waals surface area contributed by atoms with Gasteiger partial charge in [0.05, 0.1) is 5.69 Å². The lowest BCUT2D eigenvalue weighted by Crippen LogP contribution is -2.49. The van der Waals surface area contributed by atoms with Crippen molar-refractivity contribution in [3.63, 3.8) is 0 Å². The number of primary amides is 1. The van der Waals surface area contributed by atoms with E-state index >= 15 is 0 Å². The van der Waals surface area contributed by atoms with Gasteiger partial charge in [-0.25, -0.2) is 0 Å². The Bertz CT molecular complexity index is 979. The lowest BCUT2D eigenvalue weighted by atomic mass is 10.0. The predicted molar refractivity (Wildman–Crippen MR) is 132 cm³/mol. The Hall–Kier alpha value is -2.65. The van der Waals surface area contributed by atoms with Crippen LogP contribution in [-0.2, 0) is 11.3 Å². The molecular weight excluding hydrogens is 462 g/mol. The molecule has 180 valence electrons. The number of nitrogens with zero attached hydrogens (tertiary/aromatic N) is 2. The second-order valence-electron chi connectivity index (χ2n) is 8.29. The highest BCUT2D eigenvalue weighted by Gasteiger charge is 2.33. The van der Waals surface area contributed by atoms with E-state index < -0.39 is 17.9 Å². The smallest absolute Gasteiger partial charge is 0.270 e. The van der Waals surface area contributed by atoms with Gasteiger partial charge in [0, 0.05) is 18.1 Å². The van der Waals surface area contributed by atoms with Crippen molar-refractivity contribution in [2.75, 3.05) is 12.3 Å². The second kappa shape index (κ2) is 12.6. The maximum absolute atomic E-state index is 13.6. The first kappa shape index (κ1) is 26.6. The number of hydrogen-bond acceptors (Lipinski definition) is 6. The van der Waals surface area contributed by atoms with E-state index in [0.29, 0.717) is 29.5 Å². The zero-order valence-electron chi connectivity index (χ0n) is 19.3. The van der Waals surface area contributed by atoms with Crippen LogP contribution >= 0.6 is 23.1 Å². The number of carbonyl (C=O) groups excluding carboxylic acids is 3. The van der Waals surface area contributed by atoms with Crippen LogP contribution in [0.3, 0.4) is 0 Å². The van der Waals surface area contributed by atoms with E-state index in [9.17, 15) is 14.4 Å². The molecule has 8 nitrogen and oxygen atoms in total. The van der Waals surface area contributed by atoms with Gasteiger partial charge in [-0.2, -0.15) is 4.37 Å². The lowest BCUT2D eigenvalue weighted by Gasteiger charge is -2.31. The van der Waals surface area contributed by atoms with Gasteiger partial charge in [0.1, 0.15) is 10.9 Å². The molecule has 0 saturated heterocycles. The molecular formula is C23H32ClN5O3S. The first-order valence-electron chi connectivity index (χ1n) is 11.0. The number of carbonyl (C=O) groups is 3. The summed E-state index contributed by atoms with van der Waals surface area (Å²) in [5.74, 6) is -1.10. The molecule has 2 rings (SSSR count). The number of nitrogen functional groups attached to an aromatic ring is 1. The van der Waals surface area contributed by atoms with Gasteiger partial charge in [-0.05, 0) is 41.9 Å². The topological polar surface area (TPSA) is 131 Å². The van der Waals surface area contributed by atoms with Crippen LogP contribution in [0.1, 0.15) is 72.2 Å². The zero-order valence-corrected chi connectivity index (χ0v) is 20.8. The molecule has 1 heterocycles. The van der Waals surface area contributed by atoms with Gasteiger partial charge >= 0.3 is 0 Å². The van der Waals surface area contributed by atoms with Crippen molar-refractivity contribution in [3.8, 4) is 0 Å². The first-order valence-corrected chi connectivity index (χ1v) is 12.2. The SMILES string of the molecule is CCCCC(C(=O)NCCC(C)C)N(Cc1ccccc1Cl)C(=O)c1snc(C(N)=O)c1N. The molecule has 0 aliphatic rings. The third-order valence-electron chi connectivity index (χ3n) is 5.25. The van der Waals surface area contributed by atoms with Gasteiger partial charge in [-0.15, -0.1) is 0 Å². The van der Waals surface area contributed by atoms with E-state index in [4.69, 9.17) is 23.1 Å². The predicted octanol–water partition coefficient (Wildman–Crippen LogP) is 3.84. The number of benzene rings is 1. The monoisotopic (exact) mass is 493 g/mol. The molecule has 0 aliphatic carbocycles. The molecule has 1 aromatic heterocycles. The van der Waals surface area contributed by atoms with Crippen LogP contribution in [0.4, 0.5) is 5.69 Å². The normalized spacial score (nSPS) is 11.9. The van der Waals surface area contributed by atoms with Gasteiger partial charge in [0.25, 0.3) is 11.8 Å². The van der Waals surface area contributed by atoms with E-state index in [-0.39, 0.29) is 28.7 Å². The van der Waals surface area contributed by atoms with Crippen molar-refractivity contribution >= 4 is 46.5 Å². The first-order chi connectivity index (χ1) is 15.7. The number of anilines is 1. The van der Waals surface area contributed by atoms with Crippen LogP contribution in [0.5, 0.6) is 0 Å². The Kier molecular flexibility index (Phi) is 10.1. The van der Waals surface area contributed by atoms with E-state index in [1.165, 1.54) is 4.90 Å². The van der Waals surface area contributed by atoms with Crippen LogP contribution in [-0.4, -0.2) is 39.6 Å². The molecule has 10 heteroatoms. The zero-order chi connectivity index (χ0) is 24.5. The molecule has 1 aromatic carbocycles. The quantitative estimate of drug-likeness (QED) is 0.413. The molecule has 2 aromatic rings. The Labute approximate surface area is 203 Å². The highest BCUT2D eigenvalue weighted by atomic mass is 35.5. The summed E-state index contributed by atoms with van der Waals surface area (Å²) >= 11 is 7.17. The molecule has 5 N–H and O–H groups in total. The lowest BCUT2D eigenvalue weighted by molar-refractivity contribution is -0.126. The number of nitrogens with two attached hydrogens (primary N) is 2. The molecule has 0 spiro atoms. The van der Waals surface area contributed by atoms with Gasteiger partial charge < -0.3 is 21.7 Å². The van der Waals surface area contributed by atoms with Crippen molar-refractivity contribution in [2.24, 2.45) is 11.7 Å². The Morgan fingerprint density at radius 2 is 1.91 bits per heavy atom. The average molecular weight is 494 g/mol. The molecule has 1 atom stereocenters. The second-order valence-corrected chi connectivity index (χ2v) is 9.47. The summed E-state index contributed by atoms with van der Waals surface area (Å²) in [6, 6.07) is 6.42. The number of unbranched alkanes of at least 4 members (excludes halogenated alkanes) is 1. The van der Waals surface area contributed by atoms with Crippen LogP contribution < -0.4 is 16.8 Å². The largest absolute Gasteiger partial charge is 0.395 e. The highest BCUT2D eigenvalue weighted by Crippen LogP contribution is 2.27. The number of aromatic nitrogens is 1. The fraction of sp³-hybridized carbons (Fsp3) is 0.478. The van der Waals surface area contributed by atoms with E-state index in [1.807, 2.05) is 13.0 Å². The van der Waals surface area contributed by atoms with Crippen molar-refractivity contribution in [3.05, 3.63) is 45.4 Å². The number of nitrogens with one attached hydrogen (secondary N) is 1. The maximum Gasteiger partial charge on any atom is 0.270 e. The van der Waals surface area contributed by atoms with Crippen LogP contribution in [0.25, 0.3) is 0 Å². The highest BCUT2D eigenvalue weighted by molar-refractivity contribution is 7.09. The van der Waals surface area contributed by atoms with Crippen LogP contribution in [0.2, 0.25) is 5.02 Å². The van der Waals surface area contributed by atoms with Crippen molar-refractivity contribution in [2.45, 2.75) is 59.0 Å². The summed E-state index contributed by atoms with van der Waals surface area (Å²) in [4.78, 5) is 40.0. The average Bonchev–Trinajstić information content (AvgIpc) is 3.15. The molecule has 0 bridgehead atoms. The molecule has 0 radical (unpaired) electrons. The minimum atomic E-state index is -0.811. The number of halogens is 1. The summed E-state index contributed by atoms with van der Waals surface area (Å²) in [6.07, 6.45) is 2.91. The maximum atomic E-state index is 13.6. The van der Waals surface area contributed by atoms with Crippen molar-refractivity contribution in [1.82, 2.24) is 14.6 Å². The van der Waals surface area contributed by atoms with Gasteiger partial charge in [-0.1, -0.05) is 63.4 Å². The van der Waals surface area contributed by atoms with E-state index in [0.717, 1.165) is 30.8 Å². The molecule has 1 unspecified atom stereocenters. The summed E-state index contributed by atoms with van der Waals surface area (Å²) in [5, 5.41) is 3.45. The number of hydrogen-bond donors (Lipinski definition) is 3. The summed E-state index contributed by atoms with van der Waals surface area (Å²) in [5.41, 5.74) is 11.8. The van der Waals surface area contributed by atoms with Gasteiger partial charge in [-0.3, -0.25) is 14.4 Å². The Morgan fingerprint density at radius 3 is 2.48 bits per heavy atom. The molecule has 33 heavy (non-hydrogen) atoms. The molecule has 0 fully saturated rings. The van der Waals surface area contributed by atoms with Gasteiger partial charge in [0.15, 0.2) is 5.69 Å². The van der Waals surface area contributed by atoms with Crippen molar-refractivity contribution in [1.29, 1.82) is 0 Å². The van der Waals surface area contributed by atoms with Crippen LogP contribution in [0, 0.1) is 5.92 Å². The van der Waals surface area contributed by atoms with Gasteiger partial charge in [0.2, 0.25) is 5.91 Å². The molecule has 0 saturated carbocycles. The Balaban J connectivity index is 2.45. The molecule has 0 aliphatic heterocycles. The minimum absolute atomic E-state index is 0.0730. The third-order valence-corrected chi connectivity index (χ3v) is 6.47. The fourth-order valence-corrected chi connectivity index (χ4v) is 4.28. The van der Waals surface area contributed by atoms with E-state index in [1.54, 1.807) is 18.2 Å². The summed E-state index contributed by atoms with van der Waals surface area (Å²) < 4.78 is 3.95. The minimum Gasteiger partial charge on any atom is -0.395 e. The third kappa shape index (κ3) is 7.17.